The van der Waals surface area contributed by atoms with Gasteiger partial charge in [0.1, 0.15) is 0 Å². The molecule has 5 nitrogen and oxygen atoms in total. The molecule has 1 saturated heterocycles. The first-order valence-electron chi connectivity index (χ1n) is 5.61. The number of hydrogen-bond donors (Lipinski definition) is 1. The lowest BCUT2D eigenvalue weighted by Gasteiger charge is -2.31. The minimum absolute atomic E-state index is 0. The lowest BCUT2D eigenvalue weighted by molar-refractivity contribution is 0.0702. The number of piperazine rings is 1. The Morgan fingerprint density at radius 3 is 2.82 bits per heavy atom. The Kier molecular flexibility index (Phi) is 4.54. The van der Waals surface area contributed by atoms with Crippen LogP contribution in [0.4, 0.5) is 0 Å². The predicted octanol–water partition coefficient (Wildman–Crippen LogP) is 0.584. The second kappa shape index (κ2) is 5.51. The monoisotopic (exact) mass is 258 g/mol. The van der Waals surface area contributed by atoms with E-state index < -0.39 is 0 Å². The molecule has 0 spiro atoms. The Balaban J connectivity index is 0.00000144. The molecule has 0 aromatic carbocycles. The summed E-state index contributed by atoms with van der Waals surface area (Å²) in [6, 6.07) is 2.21. The molecular weight excluding hydrogens is 240 g/mol. The Labute approximate surface area is 108 Å². The summed E-state index contributed by atoms with van der Waals surface area (Å²) in [4.78, 5) is 14.0. The van der Waals surface area contributed by atoms with Crippen molar-refractivity contribution in [1.82, 2.24) is 20.0 Å². The van der Waals surface area contributed by atoms with E-state index in [1.165, 1.54) is 0 Å². The highest BCUT2D eigenvalue weighted by Gasteiger charge is 2.23. The summed E-state index contributed by atoms with van der Waals surface area (Å²) >= 11 is 0. The largest absolute Gasteiger partial charge is 0.334 e. The van der Waals surface area contributed by atoms with Crippen LogP contribution in [0, 0.1) is 6.92 Å². The average molecular weight is 259 g/mol. The normalized spacial score (nSPS) is 19.9. The van der Waals surface area contributed by atoms with Crippen LogP contribution < -0.4 is 5.32 Å². The van der Waals surface area contributed by atoms with Crippen molar-refractivity contribution in [1.29, 1.82) is 0 Å². The molecule has 1 atom stereocenters. The highest BCUT2D eigenvalue weighted by molar-refractivity contribution is 5.92. The van der Waals surface area contributed by atoms with Gasteiger partial charge in [-0.05, 0) is 19.9 Å². The van der Waals surface area contributed by atoms with Gasteiger partial charge in [-0.15, -0.1) is 12.4 Å². The smallest absolute Gasteiger partial charge is 0.274 e. The Hall–Kier alpha value is -1.07. The van der Waals surface area contributed by atoms with Gasteiger partial charge in [-0.1, -0.05) is 0 Å². The molecule has 0 radical (unpaired) electrons. The Bertz CT molecular complexity index is 385. The van der Waals surface area contributed by atoms with Gasteiger partial charge in [0, 0.05) is 38.4 Å². The molecule has 1 fully saturated rings. The zero-order chi connectivity index (χ0) is 11.7. The van der Waals surface area contributed by atoms with Crippen LogP contribution in [0.2, 0.25) is 0 Å². The van der Waals surface area contributed by atoms with E-state index in [0.29, 0.717) is 11.7 Å². The second-order valence-electron chi connectivity index (χ2n) is 4.40. The molecule has 1 aliphatic rings. The molecule has 6 heteroatoms. The third-order valence-corrected chi connectivity index (χ3v) is 2.99. The number of hydrogen-bond acceptors (Lipinski definition) is 3. The molecular formula is C11H19ClN4O. The summed E-state index contributed by atoms with van der Waals surface area (Å²) in [5.41, 5.74) is 1.56. The molecule has 1 aromatic rings. The van der Waals surface area contributed by atoms with Gasteiger partial charge >= 0.3 is 0 Å². The van der Waals surface area contributed by atoms with Crippen molar-refractivity contribution in [3.8, 4) is 0 Å². The van der Waals surface area contributed by atoms with E-state index in [9.17, 15) is 4.79 Å². The van der Waals surface area contributed by atoms with E-state index in [2.05, 4.69) is 17.3 Å². The van der Waals surface area contributed by atoms with Crippen LogP contribution in [0.1, 0.15) is 23.1 Å². The van der Waals surface area contributed by atoms with Crippen molar-refractivity contribution in [2.45, 2.75) is 19.9 Å². The summed E-state index contributed by atoms with van der Waals surface area (Å²) < 4.78 is 1.73. The van der Waals surface area contributed by atoms with Crippen molar-refractivity contribution < 1.29 is 4.79 Å². The average Bonchev–Trinajstić information content (AvgIpc) is 2.58. The number of nitrogens with zero attached hydrogens (tertiary/aromatic N) is 3. The maximum absolute atomic E-state index is 12.1. The van der Waals surface area contributed by atoms with Crippen molar-refractivity contribution >= 4 is 18.3 Å². The number of carbonyl (C=O) groups excluding carboxylic acids is 1. The molecule has 2 rings (SSSR count). The summed E-state index contributed by atoms with van der Waals surface area (Å²) in [6.45, 7) is 6.42. The number of aromatic nitrogens is 2. The SMILES string of the molecule is Cc1cc(C(=O)N2CCN[C@@H](C)C2)nn1C.Cl. The standard InChI is InChI=1S/C11H18N4O.ClH/c1-8-7-15(5-4-12-8)11(16)10-6-9(2)14(3)13-10;/h6,8,12H,4-5,7H2,1-3H3;1H/t8-;/m0./s1. The van der Waals surface area contributed by atoms with Crippen molar-refractivity contribution in [2.75, 3.05) is 19.6 Å². The number of halogens is 1. The number of carbonyl (C=O) groups is 1. The van der Waals surface area contributed by atoms with Crippen molar-refractivity contribution in [2.24, 2.45) is 7.05 Å². The third-order valence-electron chi connectivity index (χ3n) is 2.99. The van der Waals surface area contributed by atoms with Crippen LogP contribution in [0.25, 0.3) is 0 Å². The highest BCUT2D eigenvalue weighted by atomic mass is 35.5. The van der Waals surface area contributed by atoms with Gasteiger partial charge in [-0.3, -0.25) is 9.48 Å². The summed E-state index contributed by atoms with van der Waals surface area (Å²) in [7, 11) is 1.85. The number of nitrogens with one attached hydrogen (secondary N) is 1. The van der Waals surface area contributed by atoms with Crippen LogP contribution in [0.3, 0.4) is 0 Å². The van der Waals surface area contributed by atoms with Gasteiger partial charge in [0.15, 0.2) is 5.69 Å². The number of aryl methyl sites for hydroxylation is 2. The zero-order valence-corrected chi connectivity index (χ0v) is 11.3. The van der Waals surface area contributed by atoms with E-state index >= 15 is 0 Å². The molecule has 0 bridgehead atoms. The fourth-order valence-electron chi connectivity index (χ4n) is 1.94. The maximum Gasteiger partial charge on any atom is 0.274 e. The van der Waals surface area contributed by atoms with Crippen molar-refractivity contribution in [3.05, 3.63) is 17.5 Å². The molecule has 2 heterocycles. The highest BCUT2D eigenvalue weighted by Crippen LogP contribution is 2.08. The maximum atomic E-state index is 12.1. The van der Waals surface area contributed by atoms with E-state index in [0.717, 1.165) is 25.3 Å². The minimum Gasteiger partial charge on any atom is -0.334 e. The van der Waals surface area contributed by atoms with Gasteiger partial charge in [0.2, 0.25) is 0 Å². The first-order chi connectivity index (χ1) is 7.58. The summed E-state index contributed by atoms with van der Waals surface area (Å²) in [5.74, 6) is 0.0389. The van der Waals surface area contributed by atoms with Crippen LogP contribution in [-0.4, -0.2) is 46.3 Å². The fourth-order valence-corrected chi connectivity index (χ4v) is 1.94. The minimum atomic E-state index is 0. The molecule has 0 aliphatic carbocycles. The van der Waals surface area contributed by atoms with Crippen LogP contribution in [0.15, 0.2) is 6.07 Å². The topological polar surface area (TPSA) is 50.2 Å². The summed E-state index contributed by atoms with van der Waals surface area (Å²) in [5, 5.41) is 7.53. The van der Waals surface area contributed by atoms with Crippen LogP contribution >= 0.6 is 12.4 Å². The molecule has 1 aliphatic heterocycles. The van der Waals surface area contributed by atoms with Crippen LogP contribution in [0.5, 0.6) is 0 Å². The molecule has 0 unspecified atom stereocenters. The molecule has 1 aromatic heterocycles. The van der Waals surface area contributed by atoms with Gasteiger partial charge in [0.25, 0.3) is 5.91 Å². The quantitative estimate of drug-likeness (QED) is 0.802. The molecule has 1 amide bonds. The Morgan fingerprint density at radius 2 is 2.29 bits per heavy atom. The third kappa shape index (κ3) is 2.98. The molecule has 96 valence electrons. The van der Waals surface area contributed by atoms with E-state index in [-0.39, 0.29) is 18.3 Å². The van der Waals surface area contributed by atoms with Crippen molar-refractivity contribution in [3.63, 3.8) is 0 Å². The first-order valence-corrected chi connectivity index (χ1v) is 5.61. The van der Waals surface area contributed by atoms with Gasteiger partial charge < -0.3 is 10.2 Å². The van der Waals surface area contributed by atoms with Crippen LogP contribution in [-0.2, 0) is 7.05 Å². The van der Waals surface area contributed by atoms with E-state index in [1.54, 1.807) is 4.68 Å². The zero-order valence-electron chi connectivity index (χ0n) is 10.4. The van der Waals surface area contributed by atoms with Gasteiger partial charge in [-0.25, -0.2) is 0 Å². The fraction of sp³-hybridized carbons (Fsp3) is 0.636. The molecule has 17 heavy (non-hydrogen) atoms. The van der Waals surface area contributed by atoms with E-state index in [1.807, 2.05) is 24.9 Å². The number of amides is 1. The van der Waals surface area contributed by atoms with Gasteiger partial charge in [-0.2, -0.15) is 5.10 Å². The summed E-state index contributed by atoms with van der Waals surface area (Å²) in [6.07, 6.45) is 0. The second-order valence-corrected chi connectivity index (χ2v) is 4.40. The molecule has 0 saturated carbocycles. The lowest BCUT2D eigenvalue weighted by atomic mass is 10.2. The predicted molar refractivity (Wildman–Crippen MR) is 68.6 cm³/mol. The Morgan fingerprint density at radius 1 is 1.59 bits per heavy atom. The molecule has 1 N–H and O–H groups in total. The number of rotatable bonds is 1. The first kappa shape index (κ1) is 14.0. The van der Waals surface area contributed by atoms with Gasteiger partial charge in [0.05, 0.1) is 0 Å². The lowest BCUT2D eigenvalue weighted by Crippen LogP contribution is -2.51. The van der Waals surface area contributed by atoms with E-state index in [4.69, 9.17) is 0 Å².